The maximum Gasteiger partial charge on any atom is 0.296 e. The van der Waals surface area contributed by atoms with Gasteiger partial charge < -0.3 is 15.1 Å². The lowest BCUT2D eigenvalue weighted by atomic mass is 9.98. The number of carbonyl (C=O) groups is 2. The first-order valence-corrected chi connectivity index (χ1v) is 10.7. The van der Waals surface area contributed by atoms with E-state index in [-0.39, 0.29) is 11.5 Å². The van der Waals surface area contributed by atoms with Crippen LogP contribution in [0.3, 0.4) is 0 Å². The van der Waals surface area contributed by atoms with Gasteiger partial charge in [0.15, 0.2) is 5.43 Å². The number of benzene rings is 3. The topological polar surface area (TPSA) is 88.4 Å². The summed E-state index contributed by atoms with van der Waals surface area (Å²) >= 11 is 0. The minimum atomic E-state index is -0.637. The van der Waals surface area contributed by atoms with E-state index in [1.54, 1.807) is 25.1 Å². The average Bonchev–Trinajstić information content (AvgIpc) is 3.11. The molecule has 1 amide bonds. The molecule has 0 aliphatic carbocycles. The fourth-order valence-corrected chi connectivity index (χ4v) is 4.38. The molecule has 1 aliphatic rings. The summed E-state index contributed by atoms with van der Waals surface area (Å²) in [6, 6.07) is 18.3. The van der Waals surface area contributed by atoms with E-state index in [1.165, 1.54) is 0 Å². The van der Waals surface area contributed by atoms with E-state index in [4.69, 9.17) is 4.42 Å². The fourth-order valence-electron chi connectivity index (χ4n) is 4.38. The highest BCUT2D eigenvalue weighted by Crippen LogP contribution is 2.35. The first-order chi connectivity index (χ1) is 15.8. The summed E-state index contributed by atoms with van der Waals surface area (Å²) in [4.78, 5) is 37.5. The van der Waals surface area contributed by atoms with Crippen molar-refractivity contribution in [1.29, 1.82) is 0 Å². The largest absolute Gasteiger partial charge is 0.455 e. The molecule has 164 valence electrons. The third-order valence-corrected chi connectivity index (χ3v) is 6.01. The van der Waals surface area contributed by atoms with Crippen LogP contribution in [0.15, 0.2) is 69.9 Å². The van der Waals surface area contributed by atoms with E-state index in [0.717, 1.165) is 16.7 Å². The van der Waals surface area contributed by atoms with Crippen molar-refractivity contribution in [3.8, 4) is 11.3 Å². The lowest BCUT2D eigenvalue weighted by Crippen LogP contribution is -2.15. The number of aryl methyl sites for hydroxylation is 1. The number of hydrogen-bond acceptors (Lipinski definition) is 5. The average molecular weight is 438 g/mol. The maximum atomic E-state index is 13.3. The third kappa shape index (κ3) is 3.40. The number of nitrogens with one attached hydrogen (secondary N) is 2. The summed E-state index contributed by atoms with van der Waals surface area (Å²) in [6.45, 7) is 5.65. The van der Waals surface area contributed by atoms with E-state index in [2.05, 4.69) is 10.6 Å². The first kappa shape index (κ1) is 20.7. The smallest absolute Gasteiger partial charge is 0.296 e. The maximum absolute atomic E-state index is 13.3. The summed E-state index contributed by atoms with van der Waals surface area (Å²) in [6.07, 6.45) is 0. The standard InChI is InChI=1S/C27H22N2O4/c1-14-12-18(16(3)28-20-10-7-11-21-22(20)24(31)27(32)29-21)26-19(13-14)23(30)15(2)25(33-26)17-8-5-4-6-9-17/h4-13,16,28H,1-3H3,(H,29,31,32). The Morgan fingerprint density at radius 3 is 2.45 bits per heavy atom. The Morgan fingerprint density at radius 2 is 1.70 bits per heavy atom. The number of anilines is 2. The van der Waals surface area contributed by atoms with Crippen molar-refractivity contribution in [2.24, 2.45) is 0 Å². The van der Waals surface area contributed by atoms with Crippen molar-refractivity contribution >= 4 is 34.0 Å². The molecule has 4 aromatic rings. The minimum Gasteiger partial charge on any atom is -0.455 e. The predicted molar refractivity (Wildman–Crippen MR) is 129 cm³/mol. The van der Waals surface area contributed by atoms with Crippen LogP contribution >= 0.6 is 0 Å². The number of carbonyl (C=O) groups excluding carboxylic acids is 2. The molecular formula is C27H22N2O4. The molecule has 0 saturated carbocycles. The first-order valence-electron chi connectivity index (χ1n) is 10.7. The Hall–Kier alpha value is -4.19. The Morgan fingerprint density at radius 1 is 0.939 bits per heavy atom. The molecular weight excluding hydrogens is 416 g/mol. The monoisotopic (exact) mass is 438 g/mol. The summed E-state index contributed by atoms with van der Waals surface area (Å²) in [5, 5.41) is 6.45. The molecule has 0 spiro atoms. The highest BCUT2D eigenvalue weighted by molar-refractivity contribution is 6.52. The van der Waals surface area contributed by atoms with E-state index >= 15 is 0 Å². The zero-order chi connectivity index (χ0) is 23.3. The highest BCUT2D eigenvalue weighted by Gasteiger charge is 2.31. The van der Waals surface area contributed by atoms with Crippen LogP contribution in [0.25, 0.3) is 22.3 Å². The van der Waals surface area contributed by atoms with Crippen molar-refractivity contribution < 1.29 is 14.0 Å². The number of ketones is 1. The number of amides is 1. The molecule has 6 nitrogen and oxygen atoms in total. The van der Waals surface area contributed by atoms with Gasteiger partial charge >= 0.3 is 0 Å². The highest BCUT2D eigenvalue weighted by atomic mass is 16.3. The normalized spacial score (nSPS) is 13.7. The van der Waals surface area contributed by atoms with E-state index in [9.17, 15) is 14.4 Å². The van der Waals surface area contributed by atoms with Gasteiger partial charge in [-0.15, -0.1) is 0 Å². The Labute approximate surface area is 190 Å². The van der Waals surface area contributed by atoms with Crippen LogP contribution < -0.4 is 16.1 Å². The summed E-state index contributed by atoms with van der Waals surface area (Å²) in [5.41, 5.74) is 4.91. The molecule has 1 atom stereocenters. The van der Waals surface area contributed by atoms with E-state index < -0.39 is 11.7 Å². The second-order valence-electron chi connectivity index (χ2n) is 8.36. The lowest BCUT2D eigenvalue weighted by molar-refractivity contribution is -0.112. The van der Waals surface area contributed by atoms with E-state index in [1.807, 2.05) is 56.3 Å². The summed E-state index contributed by atoms with van der Waals surface area (Å²) < 4.78 is 6.36. The number of hydrogen-bond donors (Lipinski definition) is 2. The molecule has 2 N–H and O–H groups in total. The molecule has 0 bridgehead atoms. The van der Waals surface area contributed by atoms with Gasteiger partial charge in [-0.1, -0.05) is 42.5 Å². The number of rotatable bonds is 4. The Kier molecular flexibility index (Phi) is 4.86. The van der Waals surface area contributed by atoms with Gasteiger partial charge in [0.25, 0.3) is 11.7 Å². The van der Waals surface area contributed by atoms with Crippen LogP contribution in [0.5, 0.6) is 0 Å². The van der Waals surface area contributed by atoms with Gasteiger partial charge in [-0.25, -0.2) is 0 Å². The predicted octanol–water partition coefficient (Wildman–Crippen LogP) is 5.38. The van der Waals surface area contributed by atoms with Crippen LogP contribution in [0.4, 0.5) is 11.4 Å². The lowest BCUT2D eigenvalue weighted by Gasteiger charge is -2.20. The van der Waals surface area contributed by atoms with Gasteiger partial charge in [-0.3, -0.25) is 14.4 Å². The summed E-state index contributed by atoms with van der Waals surface area (Å²) in [7, 11) is 0. The quantitative estimate of drug-likeness (QED) is 0.418. The second-order valence-corrected chi connectivity index (χ2v) is 8.36. The number of fused-ring (bicyclic) bond motifs is 2. The van der Waals surface area contributed by atoms with Gasteiger partial charge in [0, 0.05) is 22.4 Å². The Balaban J connectivity index is 1.65. The molecule has 2 heterocycles. The van der Waals surface area contributed by atoms with Crippen molar-refractivity contribution in [2.45, 2.75) is 26.8 Å². The van der Waals surface area contributed by atoms with Gasteiger partial charge in [0.1, 0.15) is 11.3 Å². The van der Waals surface area contributed by atoms with Crippen LogP contribution in [-0.4, -0.2) is 11.7 Å². The van der Waals surface area contributed by atoms with Crippen molar-refractivity contribution in [1.82, 2.24) is 0 Å². The fraction of sp³-hybridized carbons (Fsp3) is 0.148. The molecule has 0 saturated heterocycles. The van der Waals surface area contributed by atoms with Crippen LogP contribution in [-0.2, 0) is 4.79 Å². The molecule has 6 heteroatoms. The van der Waals surface area contributed by atoms with Crippen molar-refractivity contribution in [2.75, 3.05) is 10.6 Å². The third-order valence-electron chi connectivity index (χ3n) is 6.01. The Bertz CT molecular complexity index is 1500. The van der Waals surface area contributed by atoms with Crippen molar-refractivity contribution in [3.05, 3.63) is 93.1 Å². The molecule has 0 fully saturated rings. The SMILES string of the molecule is Cc1cc(C(C)Nc2cccc3c2C(=O)C(=O)N3)c2oc(-c3ccccc3)c(C)c(=O)c2c1. The zero-order valence-corrected chi connectivity index (χ0v) is 18.5. The molecule has 1 aliphatic heterocycles. The molecule has 3 aromatic carbocycles. The van der Waals surface area contributed by atoms with Crippen LogP contribution in [0.1, 0.15) is 40.0 Å². The van der Waals surface area contributed by atoms with E-state index in [0.29, 0.717) is 39.2 Å². The van der Waals surface area contributed by atoms with Gasteiger partial charge in [0.05, 0.1) is 22.7 Å². The van der Waals surface area contributed by atoms with Crippen molar-refractivity contribution in [3.63, 3.8) is 0 Å². The molecule has 1 aromatic heterocycles. The van der Waals surface area contributed by atoms with Gasteiger partial charge in [-0.2, -0.15) is 0 Å². The van der Waals surface area contributed by atoms with Crippen LogP contribution in [0.2, 0.25) is 0 Å². The minimum absolute atomic E-state index is 0.0715. The molecule has 1 unspecified atom stereocenters. The zero-order valence-electron chi connectivity index (χ0n) is 18.5. The van der Waals surface area contributed by atoms with Crippen LogP contribution in [0, 0.1) is 13.8 Å². The summed E-state index contributed by atoms with van der Waals surface area (Å²) in [5.74, 6) is -0.666. The van der Waals surface area contributed by atoms with Gasteiger partial charge in [-0.05, 0) is 44.5 Å². The number of Topliss-reactive ketones (excluding diaryl/α,β-unsaturated/α-hetero) is 1. The molecule has 0 radical (unpaired) electrons. The second kappa shape index (κ2) is 7.74. The van der Waals surface area contributed by atoms with Gasteiger partial charge in [0.2, 0.25) is 0 Å². The molecule has 5 rings (SSSR count). The molecule has 33 heavy (non-hydrogen) atoms.